The monoisotopic (exact) mass is 314 g/mol. The highest BCUT2D eigenvalue weighted by atomic mass is 19.1. The molecule has 1 aliphatic rings. The second-order valence-electron chi connectivity index (χ2n) is 5.96. The van der Waals surface area contributed by atoms with Crippen molar-refractivity contribution in [2.75, 3.05) is 16.8 Å². The third-order valence-corrected chi connectivity index (χ3v) is 4.46. The molecule has 122 valence electrons. The van der Waals surface area contributed by atoms with Crippen molar-refractivity contribution in [2.24, 2.45) is 0 Å². The number of aromatic nitrogens is 2. The Balaban J connectivity index is 1.71. The van der Waals surface area contributed by atoms with Crippen LogP contribution in [-0.4, -0.2) is 22.6 Å². The summed E-state index contributed by atoms with van der Waals surface area (Å²) in [6, 6.07) is 9.31. The van der Waals surface area contributed by atoms with Crippen LogP contribution in [0.4, 0.5) is 16.0 Å². The van der Waals surface area contributed by atoms with Gasteiger partial charge in [-0.3, -0.25) is 0 Å². The Morgan fingerprint density at radius 1 is 1.26 bits per heavy atom. The molecule has 0 bridgehead atoms. The van der Waals surface area contributed by atoms with Crippen LogP contribution in [0.15, 0.2) is 36.7 Å². The number of nitrogens with one attached hydrogen (secondary N) is 1. The first kappa shape index (κ1) is 15.7. The van der Waals surface area contributed by atoms with Crippen molar-refractivity contribution in [1.82, 2.24) is 9.97 Å². The number of rotatable bonds is 5. The Labute approximate surface area is 136 Å². The predicted molar refractivity (Wildman–Crippen MR) is 91.0 cm³/mol. The maximum atomic E-state index is 13.7. The Kier molecular flexibility index (Phi) is 5.05. The summed E-state index contributed by atoms with van der Waals surface area (Å²) < 4.78 is 13.7. The number of piperidine rings is 1. The molecule has 23 heavy (non-hydrogen) atoms. The average molecular weight is 314 g/mol. The van der Waals surface area contributed by atoms with Crippen LogP contribution in [0.25, 0.3) is 0 Å². The SMILES string of the molecule is CCC1CCCCN1c1cc(NCc2ccccc2F)ncn1. The molecule has 0 aliphatic carbocycles. The molecule has 0 spiro atoms. The molecule has 1 unspecified atom stereocenters. The van der Waals surface area contributed by atoms with Crippen LogP contribution >= 0.6 is 0 Å². The molecule has 2 heterocycles. The van der Waals surface area contributed by atoms with E-state index in [4.69, 9.17) is 0 Å². The summed E-state index contributed by atoms with van der Waals surface area (Å²) >= 11 is 0. The lowest BCUT2D eigenvalue weighted by Gasteiger charge is -2.36. The van der Waals surface area contributed by atoms with Gasteiger partial charge in [0.25, 0.3) is 0 Å². The topological polar surface area (TPSA) is 41.0 Å². The molecule has 4 nitrogen and oxygen atoms in total. The lowest BCUT2D eigenvalue weighted by Crippen LogP contribution is -2.39. The summed E-state index contributed by atoms with van der Waals surface area (Å²) in [5, 5.41) is 3.20. The average Bonchev–Trinajstić information content (AvgIpc) is 2.61. The van der Waals surface area contributed by atoms with E-state index < -0.39 is 0 Å². The number of hydrogen-bond donors (Lipinski definition) is 1. The summed E-state index contributed by atoms with van der Waals surface area (Å²) in [5.41, 5.74) is 0.636. The quantitative estimate of drug-likeness (QED) is 0.906. The summed E-state index contributed by atoms with van der Waals surface area (Å²) in [4.78, 5) is 11.1. The van der Waals surface area contributed by atoms with Gasteiger partial charge in [-0.2, -0.15) is 0 Å². The molecule has 2 aromatic rings. The van der Waals surface area contributed by atoms with Crippen molar-refractivity contribution in [2.45, 2.75) is 45.2 Å². The third-order valence-electron chi connectivity index (χ3n) is 4.46. The van der Waals surface area contributed by atoms with E-state index in [9.17, 15) is 4.39 Å². The smallest absolute Gasteiger partial charge is 0.134 e. The van der Waals surface area contributed by atoms with Gasteiger partial charge in [0, 0.05) is 30.8 Å². The minimum absolute atomic E-state index is 0.198. The molecular formula is C18H23FN4. The zero-order valence-corrected chi connectivity index (χ0v) is 13.5. The molecule has 1 saturated heterocycles. The molecular weight excluding hydrogens is 291 g/mol. The van der Waals surface area contributed by atoms with Gasteiger partial charge in [-0.25, -0.2) is 14.4 Å². The van der Waals surface area contributed by atoms with E-state index in [-0.39, 0.29) is 5.82 Å². The largest absolute Gasteiger partial charge is 0.366 e. The predicted octanol–water partition coefficient (Wildman–Crippen LogP) is 4.00. The third kappa shape index (κ3) is 3.78. The summed E-state index contributed by atoms with van der Waals surface area (Å²) in [5.74, 6) is 1.50. The van der Waals surface area contributed by atoms with Gasteiger partial charge < -0.3 is 10.2 Å². The fourth-order valence-corrected chi connectivity index (χ4v) is 3.15. The minimum Gasteiger partial charge on any atom is -0.366 e. The standard InChI is InChI=1S/C18H23FN4/c1-2-15-8-5-6-10-23(15)18-11-17(21-13-22-18)20-12-14-7-3-4-9-16(14)19/h3-4,7,9,11,13,15H,2,5-6,8,10,12H2,1H3,(H,20,21,22). The molecule has 1 aliphatic heterocycles. The van der Waals surface area contributed by atoms with E-state index in [0.717, 1.165) is 24.6 Å². The molecule has 3 rings (SSSR count). The van der Waals surface area contributed by atoms with Crippen LogP contribution in [0.2, 0.25) is 0 Å². The minimum atomic E-state index is -0.198. The van der Waals surface area contributed by atoms with E-state index in [1.54, 1.807) is 18.5 Å². The lowest BCUT2D eigenvalue weighted by molar-refractivity contribution is 0.446. The van der Waals surface area contributed by atoms with E-state index in [0.29, 0.717) is 18.2 Å². The zero-order valence-electron chi connectivity index (χ0n) is 13.5. The van der Waals surface area contributed by atoms with Crippen LogP contribution in [0.5, 0.6) is 0 Å². The molecule has 1 aromatic heterocycles. The van der Waals surface area contributed by atoms with Crippen molar-refractivity contribution in [3.05, 3.63) is 48.0 Å². The highest BCUT2D eigenvalue weighted by Crippen LogP contribution is 2.26. The first-order valence-corrected chi connectivity index (χ1v) is 8.34. The van der Waals surface area contributed by atoms with E-state index in [1.165, 1.54) is 25.3 Å². The van der Waals surface area contributed by atoms with E-state index in [2.05, 4.69) is 27.1 Å². The second kappa shape index (κ2) is 7.40. The number of hydrogen-bond acceptors (Lipinski definition) is 4. The normalized spacial score (nSPS) is 18.0. The zero-order chi connectivity index (χ0) is 16.1. The van der Waals surface area contributed by atoms with Gasteiger partial charge in [-0.1, -0.05) is 25.1 Å². The van der Waals surface area contributed by atoms with Crippen LogP contribution in [0, 0.1) is 5.82 Å². The van der Waals surface area contributed by atoms with Gasteiger partial charge >= 0.3 is 0 Å². The van der Waals surface area contributed by atoms with E-state index >= 15 is 0 Å². The Hall–Kier alpha value is -2.17. The van der Waals surface area contributed by atoms with Gasteiger partial charge in [-0.05, 0) is 31.7 Å². The van der Waals surface area contributed by atoms with Crippen LogP contribution in [-0.2, 0) is 6.54 Å². The van der Waals surface area contributed by atoms with Gasteiger partial charge in [0.1, 0.15) is 23.8 Å². The number of benzene rings is 1. The Morgan fingerprint density at radius 2 is 2.13 bits per heavy atom. The fraction of sp³-hybridized carbons (Fsp3) is 0.444. The first-order valence-electron chi connectivity index (χ1n) is 8.34. The molecule has 5 heteroatoms. The lowest BCUT2D eigenvalue weighted by atomic mass is 10.0. The van der Waals surface area contributed by atoms with Gasteiger partial charge in [-0.15, -0.1) is 0 Å². The van der Waals surface area contributed by atoms with Crippen LogP contribution in [0.3, 0.4) is 0 Å². The number of anilines is 2. The first-order chi connectivity index (χ1) is 11.3. The molecule has 0 saturated carbocycles. The molecule has 0 amide bonds. The summed E-state index contributed by atoms with van der Waals surface area (Å²) in [6.07, 6.45) is 6.43. The van der Waals surface area contributed by atoms with Crippen LogP contribution < -0.4 is 10.2 Å². The summed E-state index contributed by atoms with van der Waals surface area (Å²) in [7, 11) is 0. The maximum absolute atomic E-state index is 13.7. The Bertz CT molecular complexity index is 646. The number of nitrogens with zero attached hydrogens (tertiary/aromatic N) is 3. The van der Waals surface area contributed by atoms with Crippen molar-refractivity contribution in [1.29, 1.82) is 0 Å². The molecule has 0 radical (unpaired) electrons. The second-order valence-corrected chi connectivity index (χ2v) is 5.96. The molecule has 1 N–H and O–H groups in total. The Morgan fingerprint density at radius 3 is 2.96 bits per heavy atom. The van der Waals surface area contributed by atoms with Crippen molar-refractivity contribution in [3.8, 4) is 0 Å². The molecule has 1 aromatic carbocycles. The fourth-order valence-electron chi connectivity index (χ4n) is 3.15. The van der Waals surface area contributed by atoms with Crippen molar-refractivity contribution < 1.29 is 4.39 Å². The van der Waals surface area contributed by atoms with Gasteiger partial charge in [0.05, 0.1) is 0 Å². The highest BCUT2D eigenvalue weighted by molar-refractivity contribution is 5.49. The molecule has 1 atom stereocenters. The maximum Gasteiger partial charge on any atom is 0.134 e. The van der Waals surface area contributed by atoms with Crippen molar-refractivity contribution >= 4 is 11.6 Å². The summed E-state index contributed by atoms with van der Waals surface area (Å²) in [6.45, 7) is 3.68. The number of halogens is 1. The highest BCUT2D eigenvalue weighted by Gasteiger charge is 2.22. The van der Waals surface area contributed by atoms with Crippen molar-refractivity contribution in [3.63, 3.8) is 0 Å². The van der Waals surface area contributed by atoms with Gasteiger partial charge in [0.15, 0.2) is 0 Å². The van der Waals surface area contributed by atoms with E-state index in [1.807, 2.05) is 12.1 Å². The van der Waals surface area contributed by atoms with Gasteiger partial charge in [0.2, 0.25) is 0 Å². The molecule has 1 fully saturated rings. The van der Waals surface area contributed by atoms with Crippen LogP contribution in [0.1, 0.15) is 38.2 Å².